The molecule has 2 aliphatic heterocycles. The molecule has 0 aromatic carbocycles. The maximum Gasteiger partial charge on any atom is 0.469 e. The van der Waals surface area contributed by atoms with Crippen molar-refractivity contribution in [3.8, 4) is 0 Å². The van der Waals surface area contributed by atoms with Gasteiger partial charge < -0.3 is 34.0 Å². The minimum atomic E-state index is -4.63. The van der Waals surface area contributed by atoms with E-state index in [4.69, 9.17) is 14.5 Å². The zero-order valence-corrected chi connectivity index (χ0v) is 14.0. The number of anilines is 2. The van der Waals surface area contributed by atoms with E-state index in [2.05, 4.69) is 9.51 Å². The van der Waals surface area contributed by atoms with Crippen molar-refractivity contribution in [2.75, 3.05) is 30.1 Å². The highest BCUT2D eigenvalue weighted by Gasteiger charge is 2.42. The summed E-state index contributed by atoms with van der Waals surface area (Å²) in [4.78, 5) is 36.8. The normalized spacial score (nSPS) is 27.0. The van der Waals surface area contributed by atoms with E-state index in [1.807, 2.05) is 0 Å². The maximum absolute atomic E-state index is 12.0. The van der Waals surface area contributed by atoms with Crippen molar-refractivity contribution in [1.29, 1.82) is 0 Å². The average Bonchev–Trinajstić information content (AvgIpc) is 3.01. The fourth-order valence-corrected chi connectivity index (χ4v) is 3.35. The number of ether oxygens (including phenoxy) is 1. The molecular formula is C12H19N4O7P. The van der Waals surface area contributed by atoms with Crippen molar-refractivity contribution in [2.24, 2.45) is 7.05 Å². The molecule has 0 saturated carbocycles. The van der Waals surface area contributed by atoms with Crippen LogP contribution in [0.3, 0.4) is 0 Å². The predicted molar refractivity (Wildman–Crippen MR) is 82.5 cm³/mol. The Balaban J connectivity index is 1.79. The number of rotatable bonds is 4. The monoisotopic (exact) mass is 362 g/mol. The molecule has 3 rings (SSSR count). The standard InChI is InChI=1S/C12H19N4O7P/c1-14-5-13-11(18)10-12(14)16(6-15(10)2)9-3-7(17)8(23-9)4-22-24(19,20)21/h5,7-9,17H,3-4,6H2,1-2H3,(H2,19,20,21)/t7-,8+,9+/m0/s1. The third-order valence-corrected chi connectivity index (χ3v) is 4.56. The molecule has 3 heterocycles. The number of phosphoric ester groups is 1. The van der Waals surface area contributed by atoms with Crippen LogP contribution in [0.2, 0.25) is 0 Å². The van der Waals surface area contributed by atoms with Crippen LogP contribution in [0.5, 0.6) is 0 Å². The number of aliphatic hydroxyl groups is 1. The number of nitrogens with zero attached hydrogens (tertiary/aromatic N) is 4. The van der Waals surface area contributed by atoms with Gasteiger partial charge in [0.1, 0.15) is 30.2 Å². The summed E-state index contributed by atoms with van der Waals surface area (Å²) in [6.07, 6.45) is -0.723. The Morgan fingerprint density at radius 1 is 1.46 bits per heavy atom. The number of phosphoric acid groups is 1. The molecule has 0 amide bonds. The summed E-state index contributed by atoms with van der Waals surface area (Å²) in [5, 5.41) is 10.1. The van der Waals surface area contributed by atoms with E-state index >= 15 is 0 Å². The summed E-state index contributed by atoms with van der Waals surface area (Å²) in [6, 6.07) is 0. The van der Waals surface area contributed by atoms with Gasteiger partial charge in [0.05, 0.1) is 19.4 Å². The molecule has 2 aliphatic rings. The maximum atomic E-state index is 12.0. The minimum absolute atomic E-state index is 0.221. The molecule has 0 spiro atoms. The molecule has 1 aromatic heterocycles. The van der Waals surface area contributed by atoms with Crippen molar-refractivity contribution in [2.45, 2.75) is 24.9 Å². The summed E-state index contributed by atoms with van der Waals surface area (Å²) >= 11 is 0. The van der Waals surface area contributed by atoms with Crippen LogP contribution >= 0.6 is 7.82 Å². The first-order valence-electron chi connectivity index (χ1n) is 7.24. The van der Waals surface area contributed by atoms with E-state index in [0.29, 0.717) is 18.2 Å². The smallest absolute Gasteiger partial charge is 0.390 e. The summed E-state index contributed by atoms with van der Waals surface area (Å²) in [6.45, 7) is -0.0542. The van der Waals surface area contributed by atoms with Crippen molar-refractivity contribution in [3.63, 3.8) is 0 Å². The summed E-state index contributed by atoms with van der Waals surface area (Å²) in [5.74, 6) is 0.617. The van der Waals surface area contributed by atoms with Gasteiger partial charge in [-0.15, -0.1) is 0 Å². The summed E-state index contributed by atoms with van der Waals surface area (Å²) < 4.78 is 22.6. The zero-order chi connectivity index (χ0) is 17.6. The van der Waals surface area contributed by atoms with Crippen LogP contribution in [-0.4, -0.2) is 63.2 Å². The van der Waals surface area contributed by atoms with E-state index in [9.17, 15) is 14.5 Å². The van der Waals surface area contributed by atoms with Crippen LogP contribution in [0.4, 0.5) is 11.5 Å². The van der Waals surface area contributed by atoms with Gasteiger partial charge in [0.25, 0.3) is 5.56 Å². The zero-order valence-electron chi connectivity index (χ0n) is 13.1. The lowest BCUT2D eigenvalue weighted by atomic mass is 10.2. The first-order chi connectivity index (χ1) is 11.2. The van der Waals surface area contributed by atoms with Gasteiger partial charge >= 0.3 is 7.82 Å². The van der Waals surface area contributed by atoms with E-state index in [1.54, 1.807) is 28.5 Å². The lowest BCUT2D eigenvalue weighted by molar-refractivity contribution is -0.0217. The molecule has 12 heteroatoms. The van der Waals surface area contributed by atoms with Gasteiger partial charge in [-0.2, -0.15) is 4.98 Å². The Morgan fingerprint density at radius 3 is 2.83 bits per heavy atom. The third kappa shape index (κ3) is 3.18. The first kappa shape index (κ1) is 17.3. The number of fused-ring (bicyclic) bond motifs is 1. The fourth-order valence-electron chi connectivity index (χ4n) is 3.01. The second-order valence-corrected chi connectivity index (χ2v) is 7.10. The molecule has 24 heavy (non-hydrogen) atoms. The van der Waals surface area contributed by atoms with Gasteiger partial charge in [-0.05, 0) is 0 Å². The lowest BCUT2D eigenvalue weighted by Crippen LogP contribution is -2.38. The van der Waals surface area contributed by atoms with Crippen molar-refractivity contribution >= 4 is 19.3 Å². The van der Waals surface area contributed by atoms with Gasteiger partial charge in [0, 0.05) is 20.5 Å². The largest absolute Gasteiger partial charge is 0.469 e. The summed E-state index contributed by atoms with van der Waals surface area (Å²) in [7, 11) is -1.13. The van der Waals surface area contributed by atoms with Gasteiger partial charge in [-0.25, -0.2) is 4.57 Å². The second kappa shape index (κ2) is 6.10. The van der Waals surface area contributed by atoms with Crippen LogP contribution < -0.4 is 15.4 Å². The van der Waals surface area contributed by atoms with Crippen molar-refractivity contribution < 1.29 is 28.7 Å². The molecule has 0 radical (unpaired) electrons. The SMILES string of the molecule is CN1CN([C@H]2C[C@H](O)[C@@H](COP(=O)(O)O)O2)c2c1c(=O)ncn2C. The number of aryl methyl sites for hydroxylation is 1. The number of hydrogen-bond donors (Lipinski definition) is 3. The van der Waals surface area contributed by atoms with Crippen molar-refractivity contribution in [3.05, 3.63) is 16.7 Å². The van der Waals surface area contributed by atoms with Crippen LogP contribution in [0.1, 0.15) is 6.42 Å². The number of aliphatic hydroxyl groups excluding tert-OH is 1. The lowest BCUT2D eigenvalue weighted by Gasteiger charge is -2.27. The summed E-state index contributed by atoms with van der Waals surface area (Å²) in [5.41, 5.74) is 0.0843. The molecular weight excluding hydrogens is 343 g/mol. The Bertz CT molecular complexity index is 735. The Kier molecular flexibility index (Phi) is 4.41. The Labute approximate surface area is 137 Å². The molecule has 3 atom stereocenters. The molecule has 0 bridgehead atoms. The topological polar surface area (TPSA) is 138 Å². The first-order valence-corrected chi connectivity index (χ1v) is 8.77. The highest BCUT2D eigenvalue weighted by Crippen LogP contribution is 2.39. The Hall–Kier alpha value is -1.49. The fraction of sp³-hybridized carbons (Fsp3) is 0.667. The highest BCUT2D eigenvalue weighted by molar-refractivity contribution is 7.46. The quantitative estimate of drug-likeness (QED) is 0.547. The van der Waals surface area contributed by atoms with Gasteiger partial charge in [0.2, 0.25) is 0 Å². The Morgan fingerprint density at radius 2 is 2.17 bits per heavy atom. The third-order valence-electron chi connectivity index (χ3n) is 4.07. The molecule has 0 aliphatic carbocycles. The van der Waals surface area contributed by atoms with Crippen LogP contribution in [0.15, 0.2) is 11.1 Å². The van der Waals surface area contributed by atoms with Crippen LogP contribution in [-0.2, 0) is 20.9 Å². The predicted octanol–water partition coefficient (Wildman–Crippen LogP) is -1.42. The van der Waals surface area contributed by atoms with Crippen LogP contribution in [0, 0.1) is 0 Å². The van der Waals surface area contributed by atoms with Crippen molar-refractivity contribution in [1.82, 2.24) is 9.55 Å². The highest BCUT2D eigenvalue weighted by atomic mass is 31.2. The molecule has 11 nitrogen and oxygen atoms in total. The van der Waals surface area contributed by atoms with Gasteiger partial charge in [-0.3, -0.25) is 9.32 Å². The van der Waals surface area contributed by atoms with E-state index in [-0.39, 0.29) is 12.0 Å². The average molecular weight is 362 g/mol. The van der Waals surface area contributed by atoms with E-state index in [0.717, 1.165) is 0 Å². The van der Waals surface area contributed by atoms with Crippen LogP contribution in [0.25, 0.3) is 0 Å². The molecule has 3 N–H and O–H groups in total. The minimum Gasteiger partial charge on any atom is -0.390 e. The number of aromatic nitrogens is 2. The van der Waals surface area contributed by atoms with E-state index < -0.39 is 32.9 Å². The van der Waals surface area contributed by atoms with E-state index in [1.165, 1.54) is 6.33 Å². The molecule has 1 aromatic rings. The van der Waals surface area contributed by atoms with Gasteiger partial charge in [-0.1, -0.05) is 0 Å². The number of hydrogen-bond acceptors (Lipinski definition) is 8. The second-order valence-electron chi connectivity index (χ2n) is 5.86. The molecule has 1 fully saturated rings. The molecule has 134 valence electrons. The molecule has 1 saturated heterocycles. The van der Waals surface area contributed by atoms with Gasteiger partial charge in [0.15, 0.2) is 0 Å². The molecule has 0 unspecified atom stereocenters.